The molecule has 0 aliphatic heterocycles. The average Bonchev–Trinajstić information content (AvgIpc) is 2.31. The summed E-state index contributed by atoms with van der Waals surface area (Å²) in [5.74, 6) is 0. The topological polar surface area (TPSA) is 49.6 Å². The molecule has 0 amide bonds. The van der Waals surface area contributed by atoms with Crippen LogP contribution in [0.2, 0.25) is 0 Å². The van der Waals surface area contributed by atoms with Crippen LogP contribution in [0.25, 0.3) is 0 Å². The van der Waals surface area contributed by atoms with Crippen molar-refractivity contribution in [1.82, 2.24) is 9.97 Å². The summed E-state index contributed by atoms with van der Waals surface area (Å²) in [4.78, 5) is 8.40. The number of aromatic nitrogens is 2. The van der Waals surface area contributed by atoms with Gasteiger partial charge in [0.25, 0.3) is 0 Å². The maximum Gasteiger partial charge on any atom is 0.120 e. The van der Waals surface area contributed by atoms with Crippen LogP contribution < -0.4 is 0 Å². The van der Waals surface area contributed by atoms with Crippen LogP contribution in [0.3, 0.4) is 0 Å². The summed E-state index contributed by atoms with van der Waals surface area (Å²) in [5, 5.41) is 10.6. The molecule has 3 nitrogen and oxygen atoms in total. The third-order valence-corrected chi connectivity index (χ3v) is 3.03. The number of nitrogens with zero attached hydrogens (tertiary/aromatic N) is 3. The Kier molecular flexibility index (Phi) is 3.18. The van der Waals surface area contributed by atoms with Crippen LogP contribution in [0.5, 0.6) is 0 Å². The van der Waals surface area contributed by atoms with Crippen molar-refractivity contribution < 1.29 is 0 Å². The van der Waals surface area contributed by atoms with Gasteiger partial charge in [-0.2, -0.15) is 5.26 Å². The summed E-state index contributed by atoms with van der Waals surface area (Å²) < 4.78 is 0. The second-order valence-corrected chi connectivity index (χ2v) is 4.20. The Morgan fingerprint density at radius 2 is 2.06 bits per heavy atom. The van der Waals surface area contributed by atoms with Gasteiger partial charge in [-0.05, 0) is 42.4 Å². The number of pyridine rings is 2. The monoisotopic (exact) mass is 227 g/mol. The maximum atomic E-state index is 9.05. The highest BCUT2D eigenvalue weighted by molar-refractivity contribution is 7.99. The summed E-state index contributed by atoms with van der Waals surface area (Å²) in [5.41, 5.74) is 1.56. The van der Waals surface area contributed by atoms with Crippen LogP contribution in [0.1, 0.15) is 11.1 Å². The van der Waals surface area contributed by atoms with E-state index < -0.39 is 0 Å². The van der Waals surface area contributed by atoms with Crippen molar-refractivity contribution in [2.75, 3.05) is 0 Å². The Bertz CT molecular complexity index is 532. The van der Waals surface area contributed by atoms with Crippen molar-refractivity contribution >= 4 is 11.8 Å². The van der Waals surface area contributed by atoms with Gasteiger partial charge in [0.05, 0.1) is 5.56 Å². The third kappa shape index (κ3) is 2.20. The van der Waals surface area contributed by atoms with Crippen LogP contribution in [-0.4, -0.2) is 9.97 Å². The first kappa shape index (κ1) is 10.7. The summed E-state index contributed by atoms with van der Waals surface area (Å²) in [6.07, 6.45) is 3.44. The second-order valence-electron chi connectivity index (χ2n) is 3.19. The highest BCUT2D eigenvalue weighted by Gasteiger charge is 2.08. The molecule has 78 valence electrons. The number of nitriles is 1. The minimum Gasteiger partial charge on any atom is -0.250 e. The molecule has 0 aliphatic rings. The van der Waals surface area contributed by atoms with Gasteiger partial charge < -0.3 is 0 Å². The molecular formula is C12H9N3S. The van der Waals surface area contributed by atoms with Gasteiger partial charge in [-0.1, -0.05) is 6.07 Å². The van der Waals surface area contributed by atoms with E-state index in [9.17, 15) is 0 Å². The molecule has 0 aromatic carbocycles. The van der Waals surface area contributed by atoms with Crippen molar-refractivity contribution in [3.63, 3.8) is 0 Å². The first-order valence-electron chi connectivity index (χ1n) is 4.76. The van der Waals surface area contributed by atoms with E-state index in [2.05, 4.69) is 16.0 Å². The first-order valence-corrected chi connectivity index (χ1v) is 5.57. The third-order valence-electron chi connectivity index (χ3n) is 2.08. The quantitative estimate of drug-likeness (QED) is 0.791. The molecule has 0 atom stereocenters. The minimum absolute atomic E-state index is 0.623. The highest BCUT2D eigenvalue weighted by atomic mass is 32.2. The zero-order valence-electron chi connectivity index (χ0n) is 8.71. The Balaban J connectivity index is 2.36. The molecule has 0 bridgehead atoms. The fourth-order valence-electron chi connectivity index (χ4n) is 1.25. The van der Waals surface area contributed by atoms with Gasteiger partial charge in [-0.3, -0.25) is 0 Å². The molecule has 2 aromatic rings. The summed E-state index contributed by atoms with van der Waals surface area (Å²) >= 11 is 1.41. The molecule has 2 aromatic heterocycles. The van der Waals surface area contributed by atoms with Gasteiger partial charge in [-0.25, -0.2) is 9.97 Å². The molecule has 4 heteroatoms. The summed E-state index contributed by atoms with van der Waals surface area (Å²) in [6.45, 7) is 1.91. The SMILES string of the molecule is Cc1ccnc(Sc2ccccn2)c1C#N. The van der Waals surface area contributed by atoms with Crippen molar-refractivity contribution in [3.05, 3.63) is 47.8 Å². The normalized spacial score (nSPS) is 9.75. The van der Waals surface area contributed by atoms with Crippen molar-refractivity contribution in [2.24, 2.45) is 0 Å². The smallest absolute Gasteiger partial charge is 0.120 e. The Morgan fingerprint density at radius 3 is 2.75 bits per heavy atom. The van der Waals surface area contributed by atoms with Crippen LogP contribution in [0.4, 0.5) is 0 Å². The van der Waals surface area contributed by atoms with E-state index in [1.165, 1.54) is 11.8 Å². The van der Waals surface area contributed by atoms with E-state index in [1.807, 2.05) is 31.2 Å². The Hall–Kier alpha value is -1.86. The van der Waals surface area contributed by atoms with Crippen LogP contribution in [0, 0.1) is 18.3 Å². The summed E-state index contributed by atoms with van der Waals surface area (Å²) in [6, 6.07) is 9.68. The van der Waals surface area contributed by atoms with Gasteiger partial charge in [-0.15, -0.1) is 0 Å². The molecular weight excluding hydrogens is 218 g/mol. The Labute approximate surface area is 98.2 Å². The maximum absolute atomic E-state index is 9.05. The predicted octanol–water partition coefficient (Wildman–Crippen LogP) is 2.81. The largest absolute Gasteiger partial charge is 0.250 e. The van der Waals surface area contributed by atoms with E-state index in [4.69, 9.17) is 5.26 Å². The van der Waals surface area contributed by atoms with Crippen molar-refractivity contribution in [1.29, 1.82) is 5.26 Å². The predicted molar refractivity (Wildman–Crippen MR) is 62.0 cm³/mol. The average molecular weight is 227 g/mol. The molecule has 0 saturated heterocycles. The van der Waals surface area contributed by atoms with Gasteiger partial charge in [0.1, 0.15) is 16.1 Å². The molecule has 0 aliphatic carbocycles. The van der Waals surface area contributed by atoms with E-state index >= 15 is 0 Å². The van der Waals surface area contributed by atoms with Crippen LogP contribution in [0.15, 0.2) is 46.7 Å². The lowest BCUT2D eigenvalue weighted by Gasteiger charge is -2.03. The molecule has 0 unspecified atom stereocenters. The fourth-order valence-corrected chi connectivity index (χ4v) is 2.13. The van der Waals surface area contributed by atoms with E-state index in [0.29, 0.717) is 10.6 Å². The first-order chi connectivity index (χ1) is 7.81. The molecule has 2 rings (SSSR count). The van der Waals surface area contributed by atoms with Gasteiger partial charge in [0, 0.05) is 12.4 Å². The molecule has 0 radical (unpaired) electrons. The second kappa shape index (κ2) is 4.77. The standard InChI is InChI=1S/C12H9N3S/c1-9-5-7-15-12(10(9)8-13)16-11-4-2-3-6-14-11/h2-7H,1H3. The van der Waals surface area contributed by atoms with Crippen molar-refractivity contribution in [3.8, 4) is 6.07 Å². The number of hydrogen-bond donors (Lipinski definition) is 0. The molecule has 16 heavy (non-hydrogen) atoms. The molecule has 2 heterocycles. The van der Waals surface area contributed by atoms with E-state index in [1.54, 1.807) is 12.4 Å². The van der Waals surface area contributed by atoms with Gasteiger partial charge in [0.15, 0.2) is 0 Å². The fraction of sp³-hybridized carbons (Fsp3) is 0.0833. The molecule has 0 spiro atoms. The zero-order chi connectivity index (χ0) is 11.4. The van der Waals surface area contributed by atoms with Crippen LogP contribution >= 0.6 is 11.8 Å². The van der Waals surface area contributed by atoms with E-state index in [0.717, 1.165) is 10.6 Å². The van der Waals surface area contributed by atoms with Gasteiger partial charge in [0.2, 0.25) is 0 Å². The molecule has 0 N–H and O–H groups in total. The van der Waals surface area contributed by atoms with Crippen molar-refractivity contribution in [2.45, 2.75) is 17.0 Å². The summed E-state index contributed by atoms with van der Waals surface area (Å²) in [7, 11) is 0. The lowest BCUT2D eigenvalue weighted by molar-refractivity contribution is 1.06. The lowest BCUT2D eigenvalue weighted by Crippen LogP contribution is -1.90. The van der Waals surface area contributed by atoms with Gasteiger partial charge >= 0.3 is 0 Å². The zero-order valence-corrected chi connectivity index (χ0v) is 9.53. The van der Waals surface area contributed by atoms with Crippen LogP contribution in [-0.2, 0) is 0 Å². The molecule has 0 fully saturated rings. The highest BCUT2D eigenvalue weighted by Crippen LogP contribution is 2.27. The lowest BCUT2D eigenvalue weighted by atomic mass is 10.2. The Morgan fingerprint density at radius 1 is 1.19 bits per heavy atom. The number of hydrogen-bond acceptors (Lipinski definition) is 4. The van der Waals surface area contributed by atoms with E-state index in [-0.39, 0.29) is 0 Å². The molecule has 0 saturated carbocycles. The number of aryl methyl sites for hydroxylation is 1. The number of rotatable bonds is 2. The minimum atomic E-state index is 0.623.